The van der Waals surface area contributed by atoms with Crippen molar-refractivity contribution in [1.82, 2.24) is 20.2 Å². The maximum absolute atomic E-state index is 12.3. The number of piperazine rings is 1. The number of carbonyl (C=O) groups is 2. The van der Waals surface area contributed by atoms with Gasteiger partial charge < -0.3 is 10.1 Å². The number of nitrogens with one attached hydrogen (secondary N) is 1. The average molecular weight is 378 g/mol. The number of hydrogen-bond donors (Lipinski definition) is 1. The summed E-state index contributed by atoms with van der Waals surface area (Å²) in [5.41, 5.74) is 2.88. The second kappa shape index (κ2) is 7.90. The molecule has 1 atom stereocenters. The third-order valence-corrected chi connectivity index (χ3v) is 5.08. The second-order valence-corrected chi connectivity index (χ2v) is 6.77. The van der Waals surface area contributed by atoms with Crippen molar-refractivity contribution in [3.8, 4) is 11.4 Å². The number of hydrogen-bond acceptors (Lipinski definition) is 6. The van der Waals surface area contributed by atoms with Gasteiger partial charge in [-0.3, -0.25) is 9.69 Å². The molecule has 0 spiro atoms. The zero-order valence-electron chi connectivity index (χ0n) is 15.7. The smallest absolute Gasteiger partial charge is 0.338 e. The summed E-state index contributed by atoms with van der Waals surface area (Å²) < 4.78 is 5.15. The van der Waals surface area contributed by atoms with Gasteiger partial charge in [-0.2, -0.15) is 0 Å². The van der Waals surface area contributed by atoms with Crippen LogP contribution < -0.4 is 5.32 Å². The van der Waals surface area contributed by atoms with E-state index in [2.05, 4.69) is 21.3 Å². The Morgan fingerprint density at radius 3 is 3.04 bits per heavy atom. The fourth-order valence-electron chi connectivity index (χ4n) is 3.66. The number of fused-ring (bicyclic) bond motifs is 1. The van der Waals surface area contributed by atoms with E-state index < -0.39 is 5.97 Å². The highest BCUT2D eigenvalue weighted by molar-refractivity contribution is 5.96. The molecule has 4 rings (SSSR count). The predicted molar refractivity (Wildman–Crippen MR) is 104 cm³/mol. The summed E-state index contributed by atoms with van der Waals surface area (Å²) >= 11 is 0. The van der Waals surface area contributed by atoms with Crippen LogP contribution in [0.4, 0.5) is 0 Å². The number of rotatable bonds is 4. The molecule has 2 aliphatic heterocycles. The highest BCUT2D eigenvalue weighted by Gasteiger charge is 2.33. The van der Waals surface area contributed by atoms with E-state index in [-0.39, 0.29) is 11.9 Å². The van der Waals surface area contributed by atoms with Gasteiger partial charge >= 0.3 is 5.97 Å². The van der Waals surface area contributed by atoms with E-state index in [0.717, 1.165) is 24.4 Å². The van der Waals surface area contributed by atoms with Crippen molar-refractivity contribution in [2.24, 2.45) is 0 Å². The molecule has 7 nitrogen and oxygen atoms in total. The Labute approximate surface area is 163 Å². The van der Waals surface area contributed by atoms with E-state index in [9.17, 15) is 9.59 Å². The minimum absolute atomic E-state index is 0.0683. The Kier molecular flexibility index (Phi) is 5.16. The van der Waals surface area contributed by atoms with Gasteiger partial charge in [0, 0.05) is 31.4 Å². The third-order valence-electron chi connectivity index (χ3n) is 5.08. The average Bonchev–Trinajstić information content (AvgIpc) is 2.74. The van der Waals surface area contributed by atoms with Gasteiger partial charge in [0.2, 0.25) is 5.91 Å². The van der Waals surface area contributed by atoms with Crippen LogP contribution in [0.1, 0.15) is 29.4 Å². The maximum atomic E-state index is 12.3. The van der Waals surface area contributed by atoms with Gasteiger partial charge in [-0.15, -0.1) is 0 Å². The predicted octanol–water partition coefficient (Wildman–Crippen LogP) is 1.91. The number of benzene rings is 1. The fraction of sp³-hybridized carbons (Fsp3) is 0.333. The lowest BCUT2D eigenvalue weighted by Crippen LogP contribution is -2.56. The zero-order chi connectivity index (χ0) is 19.5. The molecule has 1 fully saturated rings. The second-order valence-electron chi connectivity index (χ2n) is 6.77. The van der Waals surface area contributed by atoms with E-state index in [1.54, 1.807) is 25.3 Å². The van der Waals surface area contributed by atoms with Crippen molar-refractivity contribution in [3.05, 3.63) is 53.9 Å². The van der Waals surface area contributed by atoms with Crippen LogP contribution in [-0.4, -0.2) is 59.0 Å². The van der Waals surface area contributed by atoms with Gasteiger partial charge in [0.25, 0.3) is 0 Å². The van der Waals surface area contributed by atoms with Crippen molar-refractivity contribution in [2.45, 2.75) is 19.4 Å². The van der Waals surface area contributed by atoms with Crippen LogP contribution in [0.15, 0.2) is 42.6 Å². The first-order valence-electron chi connectivity index (χ1n) is 9.48. The van der Waals surface area contributed by atoms with Crippen LogP contribution in [0.3, 0.4) is 0 Å². The van der Waals surface area contributed by atoms with Crippen molar-refractivity contribution in [1.29, 1.82) is 0 Å². The number of carbonyl (C=O) groups excluding carboxylic acids is 2. The maximum Gasteiger partial charge on any atom is 0.338 e. The molecule has 3 heterocycles. The molecule has 144 valence electrons. The summed E-state index contributed by atoms with van der Waals surface area (Å²) in [5.74, 6) is 0.148. The third kappa shape index (κ3) is 3.53. The number of esters is 1. The molecular weight excluding hydrogens is 356 g/mol. The standard InChI is InChI=1S/C21H22N4O3/c1-2-28-21(27)16-6-4-3-5-15(16)19-22-9-7-17(24-19)14-8-11-25-12-10-23-20(26)18(25)13-14/h3-9,18H,2,10-13H2,1H3,(H,23,26)/t18-/m1/s1. The van der Waals surface area contributed by atoms with Crippen molar-refractivity contribution in [2.75, 3.05) is 26.2 Å². The van der Waals surface area contributed by atoms with Gasteiger partial charge in [0.15, 0.2) is 5.82 Å². The monoisotopic (exact) mass is 378 g/mol. The van der Waals surface area contributed by atoms with Gasteiger partial charge in [0.1, 0.15) is 0 Å². The molecule has 1 amide bonds. The SMILES string of the molecule is CCOC(=O)c1ccccc1-c1nccc(C2=CCN3CCNC(=O)[C@H]3C2)n1. The van der Waals surface area contributed by atoms with E-state index in [1.165, 1.54) is 0 Å². The van der Waals surface area contributed by atoms with Crippen LogP contribution >= 0.6 is 0 Å². The Morgan fingerprint density at radius 2 is 2.18 bits per heavy atom. The zero-order valence-corrected chi connectivity index (χ0v) is 15.7. The number of nitrogens with zero attached hydrogens (tertiary/aromatic N) is 3. The largest absolute Gasteiger partial charge is 0.462 e. The minimum atomic E-state index is -0.390. The molecule has 0 bridgehead atoms. The van der Waals surface area contributed by atoms with E-state index >= 15 is 0 Å². The summed E-state index contributed by atoms with van der Waals surface area (Å²) in [6, 6.07) is 8.86. The summed E-state index contributed by atoms with van der Waals surface area (Å²) in [6.07, 6.45) is 4.42. The molecule has 0 aliphatic carbocycles. The molecule has 1 aromatic heterocycles. The van der Waals surface area contributed by atoms with E-state index in [1.807, 2.05) is 18.2 Å². The first kappa shape index (κ1) is 18.3. The molecule has 1 saturated heterocycles. The van der Waals surface area contributed by atoms with E-state index in [0.29, 0.717) is 36.5 Å². The number of ether oxygens (including phenoxy) is 1. The Morgan fingerprint density at radius 1 is 1.32 bits per heavy atom. The fourth-order valence-corrected chi connectivity index (χ4v) is 3.66. The molecule has 0 radical (unpaired) electrons. The van der Waals surface area contributed by atoms with Gasteiger partial charge in [-0.1, -0.05) is 24.3 Å². The lowest BCUT2D eigenvalue weighted by Gasteiger charge is -2.37. The number of aromatic nitrogens is 2. The first-order chi connectivity index (χ1) is 13.7. The topological polar surface area (TPSA) is 84.4 Å². The van der Waals surface area contributed by atoms with Crippen LogP contribution in [0, 0.1) is 0 Å². The van der Waals surface area contributed by atoms with Crippen molar-refractivity contribution < 1.29 is 14.3 Å². The lowest BCUT2D eigenvalue weighted by atomic mass is 9.95. The van der Waals surface area contributed by atoms with Gasteiger partial charge in [-0.05, 0) is 31.1 Å². The number of amides is 1. The van der Waals surface area contributed by atoms with Crippen molar-refractivity contribution >= 4 is 17.4 Å². The molecule has 1 N–H and O–H groups in total. The molecule has 0 unspecified atom stereocenters. The Bertz CT molecular complexity index is 941. The highest BCUT2D eigenvalue weighted by atomic mass is 16.5. The molecule has 7 heteroatoms. The lowest BCUT2D eigenvalue weighted by molar-refractivity contribution is -0.128. The van der Waals surface area contributed by atoms with E-state index in [4.69, 9.17) is 9.72 Å². The van der Waals surface area contributed by atoms with Crippen LogP contribution in [-0.2, 0) is 9.53 Å². The molecule has 2 aliphatic rings. The summed E-state index contributed by atoms with van der Waals surface area (Å²) in [5, 5.41) is 2.93. The van der Waals surface area contributed by atoms with Gasteiger partial charge in [0.05, 0.1) is 23.9 Å². The van der Waals surface area contributed by atoms with Crippen LogP contribution in [0.25, 0.3) is 17.0 Å². The molecule has 1 aromatic carbocycles. The minimum Gasteiger partial charge on any atom is -0.462 e. The highest BCUT2D eigenvalue weighted by Crippen LogP contribution is 2.28. The summed E-state index contributed by atoms with van der Waals surface area (Å²) in [6.45, 7) is 4.37. The molecule has 2 aromatic rings. The Hall–Kier alpha value is -3.06. The quantitative estimate of drug-likeness (QED) is 0.818. The molecule has 0 saturated carbocycles. The summed E-state index contributed by atoms with van der Waals surface area (Å²) in [7, 11) is 0. The van der Waals surface area contributed by atoms with Gasteiger partial charge in [-0.25, -0.2) is 14.8 Å². The Balaban J connectivity index is 1.65. The molecule has 28 heavy (non-hydrogen) atoms. The summed E-state index contributed by atoms with van der Waals surface area (Å²) in [4.78, 5) is 35.7. The van der Waals surface area contributed by atoms with Crippen LogP contribution in [0.2, 0.25) is 0 Å². The molecular formula is C21H22N4O3. The normalized spacial score (nSPS) is 19.4. The van der Waals surface area contributed by atoms with Crippen molar-refractivity contribution in [3.63, 3.8) is 0 Å². The van der Waals surface area contributed by atoms with Crippen LogP contribution in [0.5, 0.6) is 0 Å². The first-order valence-corrected chi connectivity index (χ1v) is 9.48.